The average molecular weight is 387 g/mol. The summed E-state index contributed by atoms with van der Waals surface area (Å²) >= 11 is 9.05. The number of rotatable bonds is 3. The Balaban J connectivity index is 2.35. The molecule has 0 unspecified atom stereocenters. The summed E-state index contributed by atoms with van der Waals surface area (Å²) in [6.45, 7) is -0.212. The molecule has 0 saturated carbocycles. The number of anilines is 1. The van der Waals surface area contributed by atoms with E-state index in [1.165, 1.54) is 6.07 Å². The Morgan fingerprint density at radius 3 is 2.00 bits per heavy atom. The van der Waals surface area contributed by atoms with E-state index in [-0.39, 0.29) is 11.6 Å². The lowest BCUT2D eigenvalue weighted by Crippen LogP contribution is -2.10. The molecule has 0 fully saturated rings. The first-order valence-electron chi connectivity index (χ1n) is 5.52. The lowest BCUT2D eigenvalue weighted by molar-refractivity contribution is 0.381. The molecule has 0 aliphatic heterocycles. The van der Waals surface area contributed by atoms with Crippen molar-refractivity contribution >= 4 is 33.2 Å². The summed E-state index contributed by atoms with van der Waals surface area (Å²) < 4.78 is 66.5. The number of nitrogens with one attached hydrogen (secondary N) is 1. The van der Waals surface area contributed by atoms with E-state index in [0.717, 1.165) is 0 Å². The van der Waals surface area contributed by atoms with Crippen molar-refractivity contribution in [2.75, 3.05) is 5.32 Å². The Labute approximate surface area is 129 Å². The highest BCUT2D eigenvalue weighted by Crippen LogP contribution is 2.28. The largest absolute Gasteiger partial charge is 0.376 e. The Bertz CT molecular complexity index is 678. The zero-order valence-corrected chi connectivity index (χ0v) is 12.4. The molecule has 0 bridgehead atoms. The first-order valence-corrected chi connectivity index (χ1v) is 6.69. The van der Waals surface area contributed by atoms with Gasteiger partial charge in [0.2, 0.25) is 5.82 Å². The van der Waals surface area contributed by atoms with Crippen LogP contribution in [-0.2, 0) is 6.54 Å². The van der Waals surface area contributed by atoms with Crippen molar-refractivity contribution in [3.63, 3.8) is 0 Å². The maximum absolute atomic E-state index is 13.5. The van der Waals surface area contributed by atoms with Crippen LogP contribution in [0.1, 0.15) is 5.56 Å². The fourth-order valence-electron chi connectivity index (χ4n) is 1.62. The van der Waals surface area contributed by atoms with Crippen molar-refractivity contribution in [1.29, 1.82) is 0 Å². The lowest BCUT2D eigenvalue weighted by Gasteiger charge is -2.12. The van der Waals surface area contributed by atoms with Gasteiger partial charge in [-0.3, -0.25) is 0 Å². The Kier molecular flexibility index (Phi) is 4.73. The second-order valence-electron chi connectivity index (χ2n) is 4.03. The summed E-state index contributed by atoms with van der Waals surface area (Å²) in [5.41, 5.74) is -0.669. The second kappa shape index (κ2) is 6.19. The molecule has 2 aromatic carbocycles. The van der Waals surface area contributed by atoms with Crippen LogP contribution in [0.3, 0.4) is 0 Å². The summed E-state index contributed by atoms with van der Waals surface area (Å²) in [6.07, 6.45) is 0. The van der Waals surface area contributed by atoms with Crippen molar-refractivity contribution in [2.45, 2.75) is 6.54 Å². The highest BCUT2D eigenvalue weighted by atomic mass is 79.9. The fraction of sp³-hybridized carbons (Fsp3) is 0.0769. The molecular weight excluding hydrogens is 380 g/mol. The maximum Gasteiger partial charge on any atom is 0.200 e. The van der Waals surface area contributed by atoms with Crippen molar-refractivity contribution in [2.24, 2.45) is 0 Å². The van der Waals surface area contributed by atoms with E-state index in [4.69, 9.17) is 11.6 Å². The van der Waals surface area contributed by atoms with E-state index >= 15 is 0 Å². The monoisotopic (exact) mass is 385 g/mol. The molecule has 0 saturated heterocycles. The normalized spacial score (nSPS) is 10.8. The highest BCUT2D eigenvalue weighted by molar-refractivity contribution is 9.10. The third kappa shape index (κ3) is 3.13. The Morgan fingerprint density at radius 2 is 1.43 bits per heavy atom. The molecule has 1 N–H and O–H groups in total. The van der Waals surface area contributed by atoms with Crippen molar-refractivity contribution < 1.29 is 22.0 Å². The zero-order valence-electron chi connectivity index (χ0n) is 10.1. The fourth-order valence-corrected chi connectivity index (χ4v) is 2.22. The van der Waals surface area contributed by atoms with Crippen LogP contribution in [-0.4, -0.2) is 0 Å². The molecule has 0 amide bonds. The van der Waals surface area contributed by atoms with Crippen LogP contribution in [0.5, 0.6) is 0 Å². The summed E-state index contributed by atoms with van der Waals surface area (Å²) in [5.74, 6) is -10.0. The third-order valence-corrected chi connectivity index (χ3v) is 3.54. The van der Waals surface area contributed by atoms with Gasteiger partial charge in [-0.05, 0) is 23.8 Å². The van der Waals surface area contributed by atoms with Gasteiger partial charge in [0.05, 0.1) is 0 Å². The average Bonchev–Trinajstić information content (AvgIpc) is 2.46. The SMILES string of the molecule is Fc1c(F)c(F)c(NCc2cc(Br)ccc2Cl)c(F)c1F. The predicted molar refractivity (Wildman–Crippen MR) is 72.7 cm³/mol. The van der Waals surface area contributed by atoms with Crippen LogP contribution in [0.15, 0.2) is 22.7 Å². The van der Waals surface area contributed by atoms with E-state index in [0.29, 0.717) is 10.0 Å². The second-order valence-corrected chi connectivity index (χ2v) is 5.36. The van der Waals surface area contributed by atoms with Crippen LogP contribution >= 0.6 is 27.5 Å². The van der Waals surface area contributed by atoms with Crippen molar-refractivity contribution in [1.82, 2.24) is 0 Å². The lowest BCUT2D eigenvalue weighted by atomic mass is 10.2. The topological polar surface area (TPSA) is 12.0 Å². The van der Waals surface area contributed by atoms with E-state index in [1.807, 2.05) is 0 Å². The summed E-state index contributed by atoms with van der Waals surface area (Å²) in [5, 5.41) is 2.46. The quantitative estimate of drug-likeness (QED) is 0.422. The molecule has 2 aromatic rings. The molecule has 112 valence electrons. The summed E-state index contributed by atoms with van der Waals surface area (Å²) in [4.78, 5) is 0. The van der Waals surface area contributed by atoms with Gasteiger partial charge in [0.15, 0.2) is 23.3 Å². The van der Waals surface area contributed by atoms with Gasteiger partial charge in [-0.2, -0.15) is 0 Å². The van der Waals surface area contributed by atoms with Crippen LogP contribution in [0.25, 0.3) is 0 Å². The van der Waals surface area contributed by atoms with Crippen LogP contribution in [0.2, 0.25) is 5.02 Å². The van der Waals surface area contributed by atoms with E-state index in [1.54, 1.807) is 12.1 Å². The molecule has 8 heteroatoms. The van der Waals surface area contributed by atoms with Crippen LogP contribution in [0, 0.1) is 29.1 Å². The molecule has 0 heterocycles. The number of halogens is 7. The Morgan fingerprint density at radius 1 is 0.905 bits per heavy atom. The third-order valence-electron chi connectivity index (χ3n) is 2.67. The molecular formula is C13H6BrClF5N. The van der Waals surface area contributed by atoms with Gasteiger partial charge in [-0.25, -0.2) is 22.0 Å². The molecule has 2 rings (SSSR count). The van der Waals surface area contributed by atoms with Gasteiger partial charge in [0, 0.05) is 16.0 Å². The molecule has 1 nitrogen and oxygen atoms in total. The smallest absolute Gasteiger partial charge is 0.200 e. The van der Waals surface area contributed by atoms with E-state index in [9.17, 15) is 22.0 Å². The molecule has 0 aromatic heterocycles. The van der Waals surface area contributed by atoms with Crippen molar-refractivity contribution in [3.8, 4) is 0 Å². The zero-order chi connectivity index (χ0) is 15.7. The van der Waals surface area contributed by atoms with Gasteiger partial charge in [-0.1, -0.05) is 27.5 Å². The van der Waals surface area contributed by atoms with Gasteiger partial charge < -0.3 is 5.32 Å². The van der Waals surface area contributed by atoms with E-state index < -0.39 is 34.8 Å². The first kappa shape index (κ1) is 16.0. The van der Waals surface area contributed by atoms with Crippen molar-refractivity contribution in [3.05, 3.63) is 62.3 Å². The van der Waals surface area contributed by atoms with Gasteiger partial charge in [-0.15, -0.1) is 0 Å². The minimum absolute atomic E-state index is 0.212. The summed E-state index contributed by atoms with van der Waals surface area (Å²) in [6, 6.07) is 4.73. The molecule has 0 radical (unpaired) electrons. The molecule has 0 aliphatic rings. The highest BCUT2D eigenvalue weighted by Gasteiger charge is 2.25. The Hall–Kier alpha value is -1.34. The summed E-state index contributed by atoms with van der Waals surface area (Å²) in [7, 11) is 0. The number of hydrogen-bond acceptors (Lipinski definition) is 1. The van der Waals surface area contributed by atoms with E-state index in [2.05, 4.69) is 21.2 Å². The van der Waals surface area contributed by atoms with Gasteiger partial charge >= 0.3 is 0 Å². The molecule has 0 spiro atoms. The first-order chi connectivity index (χ1) is 9.82. The van der Waals surface area contributed by atoms with Gasteiger partial charge in [0.25, 0.3) is 0 Å². The maximum atomic E-state index is 13.5. The molecule has 21 heavy (non-hydrogen) atoms. The van der Waals surface area contributed by atoms with Gasteiger partial charge in [0.1, 0.15) is 5.69 Å². The standard InChI is InChI=1S/C13H6BrClF5N/c14-6-1-2-7(15)5(3-6)4-21-13-11(19)9(17)8(16)10(18)12(13)20/h1-3,21H,4H2. The minimum atomic E-state index is -2.20. The van der Waals surface area contributed by atoms with Crippen LogP contribution < -0.4 is 5.32 Å². The number of hydrogen-bond donors (Lipinski definition) is 1. The minimum Gasteiger partial charge on any atom is -0.376 e. The molecule has 0 aliphatic carbocycles. The predicted octanol–water partition coefficient (Wildman–Crippen LogP) is 5.41. The molecule has 0 atom stereocenters. The number of benzene rings is 2. The van der Waals surface area contributed by atoms with Crippen LogP contribution in [0.4, 0.5) is 27.6 Å².